The molecule has 0 aromatic heterocycles. The van der Waals surface area contributed by atoms with E-state index in [0.29, 0.717) is 18.7 Å². The molecular formula is C18H22N2O2. The summed E-state index contributed by atoms with van der Waals surface area (Å²) in [4.78, 5) is 12.0. The molecule has 0 aliphatic carbocycles. The zero-order valence-electron chi connectivity index (χ0n) is 13.3. The summed E-state index contributed by atoms with van der Waals surface area (Å²) in [5, 5.41) is 2.86. The van der Waals surface area contributed by atoms with Gasteiger partial charge in [-0.25, -0.2) is 0 Å². The van der Waals surface area contributed by atoms with E-state index in [4.69, 9.17) is 10.5 Å². The molecule has 0 spiro atoms. The van der Waals surface area contributed by atoms with Crippen molar-refractivity contribution in [3.63, 3.8) is 0 Å². The van der Waals surface area contributed by atoms with Gasteiger partial charge in [0.1, 0.15) is 5.75 Å². The Balaban J connectivity index is 1.85. The van der Waals surface area contributed by atoms with Crippen LogP contribution in [0.25, 0.3) is 0 Å². The van der Waals surface area contributed by atoms with Crippen molar-refractivity contribution in [2.24, 2.45) is 0 Å². The minimum atomic E-state index is -0.0856. The van der Waals surface area contributed by atoms with Gasteiger partial charge in [-0.3, -0.25) is 4.79 Å². The SMILES string of the molecule is Cc1ccc(OCCC(=O)Nc2cc(N)ccc2C)cc1C. The monoisotopic (exact) mass is 298 g/mol. The summed E-state index contributed by atoms with van der Waals surface area (Å²) in [5.41, 5.74) is 10.5. The second-order valence-electron chi connectivity index (χ2n) is 5.47. The molecule has 3 N–H and O–H groups in total. The molecule has 2 aromatic carbocycles. The number of benzene rings is 2. The highest BCUT2D eigenvalue weighted by Gasteiger charge is 2.06. The number of hydrogen-bond donors (Lipinski definition) is 2. The van der Waals surface area contributed by atoms with Gasteiger partial charge in [0.15, 0.2) is 0 Å². The number of nitrogens with one attached hydrogen (secondary N) is 1. The summed E-state index contributed by atoms with van der Waals surface area (Å²) in [7, 11) is 0. The van der Waals surface area contributed by atoms with Crippen LogP contribution >= 0.6 is 0 Å². The summed E-state index contributed by atoms with van der Waals surface area (Å²) < 4.78 is 5.62. The lowest BCUT2D eigenvalue weighted by molar-refractivity contribution is -0.116. The minimum absolute atomic E-state index is 0.0856. The third-order valence-corrected chi connectivity index (χ3v) is 3.61. The predicted octanol–water partition coefficient (Wildman–Crippen LogP) is 3.60. The number of nitrogens with two attached hydrogens (primary N) is 1. The van der Waals surface area contributed by atoms with E-state index < -0.39 is 0 Å². The van der Waals surface area contributed by atoms with Gasteiger partial charge in [-0.15, -0.1) is 0 Å². The normalized spacial score (nSPS) is 10.3. The molecule has 4 nitrogen and oxygen atoms in total. The molecule has 0 heterocycles. The lowest BCUT2D eigenvalue weighted by Crippen LogP contribution is -2.16. The first kappa shape index (κ1) is 15.9. The van der Waals surface area contributed by atoms with E-state index in [0.717, 1.165) is 17.0 Å². The number of ether oxygens (including phenoxy) is 1. The third kappa shape index (κ3) is 4.25. The molecule has 0 saturated heterocycles. The fourth-order valence-electron chi connectivity index (χ4n) is 2.05. The zero-order valence-corrected chi connectivity index (χ0v) is 13.3. The molecule has 0 aliphatic heterocycles. The van der Waals surface area contributed by atoms with Gasteiger partial charge in [0, 0.05) is 11.4 Å². The molecule has 2 rings (SSSR count). The van der Waals surface area contributed by atoms with Crippen molar-refractivity contribution < 1.29 is 9.53 Å². The molecule has 0 bridgehead atoms. The van der Waals surface area contributed by atoms with Crippen LogP contribution in [0.2, 0.25) is 0 Å². The molecule has 4 heteroatoms. The molecule has 0 unspecified atom stereocenters. The van der Waals surface area contributed by atoms with E-state index in [2.05, 4.69) is 12.2 Å². The van der Waals surface area contributed by atoms with Gasteiger partial charge in [-0.2, -0.15) is 0 Å². The Labute approximate surface area is 131 Å². The number of rotatable bonds is 5. The Hall–Kier alpha value is -2.49. The van der Waals surface area contributed by atoms with Gasteiger partial charge in [0.25, 0.3) is 0 Å². The van der Waals surface area contributed by atoms with Crippen molar-refractivity contribution >= 4 is 17.3 Å². The highest BCUT2D eigenvalue weighted by Crippen LogP contribution is 2.19. The van der Waals surface area contributed by atoms with E-state index in [1.165, 1.54) is 11.1 Å². The standard InChI is InChI=1S/C18H22N2O2/c1-12-5-7-16(10-14(12)3)22-9-8-18(21)20-17-11-15(19)6-4-13(17)2/h4-7,10-11H,8-9,19H2,1-3H3,(H,20,21). The fourth-order valence-corrected chi connectivity index (χ4v) is 2.05. The molecule has 0 radical (unpaired) electrons. The molecule has 1 amide bonds. The quantitative estimate of drug-likeness (QED) is 0.829. The first-order valence-corrected chi connectivity index (χ1v) is 7.32. The summed E-state index contributed by atoms with van der Waals surface area (Å²) in [5.74, 6) is 0.702. The van der Waals surface area contributed by atoms with Crippen molar-refractivity contribution in [2.45, 2.75) is 27.2 Å². The van der Waals surface area contributed by atoms with E-state index in [-0.39, 0.29) is 5.91 Å². The highest BCUT2D eigenvalue weighted by atomic mass is 16.5. The van der Waals surface area contributed by atoms with Crippen LogP contribution in [-0.4, -0.2) is 12.5 Å². The Morgan fingerprint density at radius 3 is 2.50 bits per heavy atom. The maximum Gasteiger partial charge on any atom is 0.227 e. The Morgan fingerprint density at radius 2 is 1.77 bits per heavy atom. The van der Waals surface area contributed by atoms with Crippen molar-refractivity contribution in [1.29, 1.82) is 0 Å². The number of amides is 1. The van der Waals surface area contributed by atoms with Crippen LogP contribution in [0.3, 0.4) is 0 Å². The first-order chi connectivity index (χ1) is 10.5. The van der Waals surface area contributed by atoms with Gasteiger partial charge in [0.05, 0.1) is 13.0 Å². The van der Waals surface area contributed by atoms with Crippen molar-refractivity contribution in [3.8, 4) is 5.75 Å². The number of nitrogen functional groups attached to an aromatic ring is 1. The Kier molecular flexibility index (Phi) is 5.04. The topological polar surface area (TPSA) is 64.3 Å². The minimum Gasteiger partial charge on any atom is -0.493 e. The summed E-state index contributed by atoms with van der Waals surface area (Å²) in [6.07, 6.45) is 0.293. The summed E-state index contributed by atoms with van der Waals surface area (Å²) in [6, 6.07) is 11.4. The van der Waals surface area contributed by atoms with Crippen LogP contribution < -0.4 is 15.8 Å². The van der Waals surface area contributed by atoms with Gasteiger partial charge in [0.2, 0.25) is 5.91 Å². The molecule has 116 valence electrons. The van der Waals surface area contributed by atoms with Crippen LogP contribution in [0.15, 0.2) is 36.4 Å². The second-order valence-corrected chi connectivity index (χ2v) is 5.47. The van der Waals surface area contributed by atoms with E-state index >= 15 is 0 Å². The number of aryl methyl sites for hydroxylation is 3. The second kappa shape index (κ2) is 6.98. The molecule has 22 heavy (non-hydrogen) atoms. The average Bonchev–Trinajstić information content (AvgIpc) is 2.47. The van der Waals surface area contributed by atoms with Gasteiger partial charge < -0.3 is 15.8 Å². The van der Waals surface area contributed by atoms with Crippen LogP contribution in [0.1, 0.15) is 23.1 Å². The maximum absolute atomic E-state index is 12.0. The van der Waals surface area contributed by atoms with Gasteiger partial charge >= 0.3 is 0 Å². The Morgan fingerprint density at radius 1 is 1.05 bits per heavy atom. The summed E-state index contributed by atoms with van der Waals surface area (Å²) in [6.45, 7) is 6.37. The maximum atomic E-state index is 12.0. The number of carbonyl (C=O) groups is 1. The smallest absolute Gasteiger partial charge is 0.227 e. The van der Waals surface area contributed by atoms with Gasteiger partial charge in [-0.05, 0) is 61.7 Å². The van der Waals surface area contributed by atoms with E-state index in [9.17, 15) is 4.79 Å². The largest absolute Gasteiger partial charge is 0.493 e. The summed E-state index contributed by atoms with van der Waals surface area (Å²) >= 11 is 0. The lowest BCUT2D eigenvalue weighted by atomic mass is 10.1. The highest BCUT2D eigenvalue weighted by molar-refractivity contribution is 5.92. The van der Waals surface area contributed by atoms with E-state index in [1.54, 1.807) is 6.07 Å². The average molecular weight is 298 g/mol. The van der Waals surface area contributed by atoms with Crippen LogP contribution in [0.5, 0.6) is 5.75 Å². The lowest BCUT2D eigenvalue weighted by Gasteiger charge is -2.10. The molecular weight excluding hydrogens is 276 g/mol. The zero-order chi connectivity index (χ0) is 16.1. The van der Waals surface area contributed by atoms with Crippen LogP contribution in [0, 0.1) is 20.8 Å². The van der Waals surface area contributed by atoms with Crippen molar-refractivity contribution in [3.05, 3.63) is 53.1 Å². The molecule has 2 aromatic rings. The molecule has 0 saturated carbocycles. The van der Waals surface area contributed by atoms with Crippen molar-refractivity contribution in [1.82, 2.24) is 0 Å². The molecule has 0 aliphatic rings. The number of anilines is 2. The van der Waals surface area contributed by atoms with Crippen molar-refractivity contribution in [2.75, 3.05) is 17.7 Å². The van der Waals surface area contributed by atoms with E-state index in [1.807, 2.05) is 44.2 Å². The predicted molar refractivity (Wildman–Crippen MR) is 90.2 cm³/mol. The van der Waals surface area contributed by atoms with Crippen LogP contribution in [0.4, 0.5) is 11.4 Å². The first-order valence-electron chi connectivity index (χ1n) is 7.32. The Bertz CT molecular complexity index is 681. The fraction of sp³-hybridized carbons (Fsp3) is 0.278. The number of carbonyl (C=O) groups excluding carboxylic acids is 1. The third-order valence-electron chi connectivity index (χ3n) is 3.61. The molecule has 0 atom stereocenters. The number of hydrogen-bond acceptors (Lipinski definition) is 3. The van der Waals surface area contributed by atoms with Crippen LogP contribution in [-0.2, 0) is 4.79 Å². The van der Waals surface area contributed by atoms with Gasteiger partial charge in [-0.1, -0.05) is 12.1 Å². The molecule has 0 fully saturated rings.